The second-order valence-electron chi connectivity index (χ2n) is 5.93. The smallest absolute Gasteiger partial charge is 0.166 e. The minimum Gasteiger partial charge on any atom is -0.454 e. The minimum absolute atomic E-state index is 0.00632. The van der Waals surface area contributed by atoms with E-state index in [0.29, 0.717) is 12.3 Å². The summed E-state index contributed by atoms with van der Waals surface area (Å²) in [5.41, 5.74) is 0.907. The van der Waals surface area contributed by atoms with E-state index in [4.69, 9.17) is 4.74 Å². The van der Waals surface area contributed by atoms with Crippen LogP contribution in [0.4, 0.5) is 4.39 Å². The van der Waals surface area contributed by atoms with Gasteiger partial charge in [0.05, 0.1) is 0 Å². The fraction of sp³-hybridized carbons (Fsp3) is 0.294. The van der Waals surface area contributed by atoms with Gasteiger partial charge in [0, 0.05) is 15.7 Å². The van der Waals surface area contributed by atoms with Crippen molar-refractivity contribution in [2.24, 2.45) is 0 Å². The van der Waals surface area contributed by atoms with Crippen LogP contribution in [0.25, 0.3) is 0 Å². The molecule has 2 aromatic carbocycles. The van der Waals surface area contributed by atoms with E-state index in [-0.39, 0.29) is 17.1 Å². The Hall–Kier alpha value is -1.14. The fourth-order valence-electron chi connectivity index (χ4n) is 1.76. The summed E-state index contributed by atoms with van der Waals surface area (Å²) < 4.78 is 20.7. The molecule has 0 amide bonds. The van der Waals surface area contributed by atoms with Gasteiger partial charge in [-0.2, -0.15) is 0 Å². The van der Waals surface area contributed by atoms with E-state index in [1.807, 2.05) is 30.3 Å². The van der Waals surface area contributed by atoms with Gasteiger partial charge in [-0.15, -0.1) is 0 Å². The molecule has 21 heavy (non-hydrogen) atoms. The van der Waals surface area contributed by atoms with Gasteiger partial charge in [-0.3, -0.25) is 0 Å². The van der Waals surface area contributed by atoms with E-state index in [1.54, 1.807) is 6.07 Å². The maximum absolute atomic E-state index is 14.1. The second-order valence-corrected chi connectivity index (χ2v) is 7.17. The maximum atomic E-state index is 14.1. The highest BCUT2D eigenvalue weighted by molar-refractivity contribution is 14.1. The molecule has 0 aliphatic rings. The molecule has 112 valence electrons. The van der Waals surface area contributed by atoms with Crippen LogP contribution < -0.4 is 10.1 Å². The van der Waals surface area contributed by atoms with Crippen LogP contribution >= 0.6 is 22.6 Å². The molecule has 0 aromatic heterocycles. The number of ether oxygens (including phenoxy) is 1. The third-order valence-corrected chi connectivity index (χ3v) is 3.51. The molecule has 0 bridgehead atoms. The molecule has 0 aliphatic heterocycles. The molecule has 1 N–H and O–H groups in total. The van der Waals surface area contributed by atoms with Crippen LogP contribution in [0, 0.1) is 9.39 Å². The van der Waals surface area contributed by atoms with Crippen LogP contribution in [-0.2, 0) is 6.54 Å². The zero-order chi connectivity index (χ0) is 15.5. The molecule has 2 aromatic rings. The average molecular weight is 399 g/mol. The Morgan fingerprint density at radius 2 is 1.90 bits per heavy atom. The SMILES string of the molecule is CC(C)(C)NCc1ccc(Oc2cccc(I)c2)c(F)c1. The summed E-state index contributed by atoms with van der Waals surface area (Å²) in [4.78, 5) is 0. The van der Waals surface area contributed by atoms with Crippen molar-refractivity contribution < 1.29 is 9.13 Å². The molecule has 4 heteroatoms. The van der Waals surface area contributed by atoms with Gasteiger partial charge in [0.1, 0.15) is 5.75 Å². The first-order valence-corrected chi connectivity index (χ1v) is 7.88. The quantitative estimate of drug-likeness (QED) is 0.722. The highest BCUT2D eigenvalue weighted by Crippen LogP contribution is 2.26. The lowest BCUT2D eigenvalue weighted by atomic mass is 10.1. The van der Waals surface area contributed by atoms with Crippen molar-refractivity contribution in [3.63, 3.8) is 0 Å². The van der Waals surface area contributed by atoms with Crippen molar-refractivity contribution in [3.05, 3.63) is 57.4 Å². The summed E-state index contributed by atoms with van der Waals surface area (Å²) in [6, 6.07) is 12.6. The van der Waals surface area contributed by atoms with Gasteiger partial charge >= 0.3 is 0 Å². The van der Waals surface area contributed by atoms with E-state index in [9.17, 15) is 4.39 Å². The van der Waals surface area contributed by atoms with Crippen molar-refractivity contribution in [1.29, 1.82) is 0 Å². The molecule has 0 spiro atoms. The van der Waals surface area contributed by atoms with E-state index in [0.717, 1.165) is 9.13 Å². The molecule has 0 saturated heterocycles. The Morgan fingerprint density at radius 3 is 2.52 bits per heavy atom. The predicted octanol–water partition coefficient (Wildman–Crippen LogP) is 5.11. The molecule has 0 atom stereocenters. The fourth-order valence-corrected chi connectivity index (χ4v) is 2.28. The number of benzene rings is 2. The third kappa shape index (κ3) is 5.28. The topological polar surface area (TPSA) is 21.3 Å². The molecule has 0 heterocycles. The first-order valence-electron chi connectivity index (χ1n) is 6.80. The number of halogens is 2. The Bertz CT molecular complexity index is 622. The molecular weight excluding hydrogens is 380 g/mol. The van der Waals surface area contributed by atoms with Gasteiger partial charge in [0.25, 0.3) is 0 Å². The van der Waals surface area contributed by atoms with Crippen molar-refractivity contribution in [3.8, 4) is 11.5 Å². The Labute approximate surface area is 138 Å². The molecule has 0 aliphatic carbocycles. The summed E-state index contributed by atoms with van der Waals surface area (Å²) in [5.74, 6) is 0.542. The summed E-state index contributed by atoms with van der Waals surface area (Å²) in [7, 11) is 0. The Kier molecular flexibility index (Phi) is 5.22. The molecule has 2 rings (SSSR count). The van der Waals surface area contributed by atoms with Gasteiger partial charge in [0.15, 0.2) is 11.6 Å². The molecule has 0 saturated carbocycles. The van der Waals surface area contributed by atoms with Gasteiger partial charge in [0.2, 0.25) is 0 Å². The lowest BCUT2D eigenvalue weighted by Crippen LogP contribution is -2.35. The minimum atomic E-state index is -0.345. The zero-order valence-electron chi connectivity index (χ0n) is 12.4. The molecular formula is C17H19FINO. The van der Waals surface area contributed by atoms with Crippen LogP contribution in [0.5, 0.6) is 11.5 Å². The van der Waals surface area contributed by atoms with E-state index < -0.39 is 0 Å². The molecule has 0 fully saturated rings. The number of rotatable bonds is 4. The Balaban J connectivity index is 2.09. The highest BCUT2D eigenvalue weighted by atomic mass is 127. The van der Waals surface area contributed by atoms with Crippen LogP contribution in [-0.4, -0.2) is 5.54 Å². The van der Waals surface area contributed by atoms with Gasteiger partial charge in [-0.25, -0.2) is 4.39 Å². The molecule has 2 nitrogen and oxygen atoms in total. The summed E-state index contributed by atoms with van der Waals surface area (Å²) in [6.07, 6.45) is 0. The third-order valence-electron chi connectivity index (χ3n) is 2.84. The lowest BCUT2D eigenvalue weighted by molar-refractivity contribution is 0.420. The first kappa shape index (κ1) is 16.2. The van der Waals surface area contributed by atoms with Crippen LogP contribution in [0.2, 0.25) is 0 Å². The monoisotopic (exact) mass is 399 g/mol. The first-order chi connectivity index (χ1) is 9.83. The van der Waals surface area contributed by atoms with E-state index in [2.05, 4.69) is 48.7 Å². The standard InChI is InChI=1S/C17H19FINO/c1-17(2,3)20-11-12-7-8-16(15(18)9-12)21-14-6-4-5-13(19)10-14/h4-10,20H,11H2,1-3H3. The highest BCUT2D eigenvalue weighted by Gasteiger charge is 2.10. The summed E-state index contributed by atoms with van der Waals surface area (Å²) in [5, 5.41) is 3.33. The van der Waals surface area contributed by atoms with Crippen molar-refractivity contribution in [2.75, 3.05) is 0 Å². The predicted molar refractivity (Wildman–Crippen MR) is 92.2 cm³/mol. The lowest BCUT2D eigenvalue weighted by Gasteiger charge is -2.20. The van der Waals surface area contributed by atoms with Gasteiger partial charge in [-0.05, 0) is 79.3 Å². The number of hydrogen-bond donors (Lipinski definition) is 1. The van der Waals surface area contributed by atoms with Gasteiger partial charge < -0.3 is 10.1 Å². The van der Waals surface area contributed by atoms with E-state index in [1.165, 1.54) is 6.07 Å². The number of nitrogens with one attached hydrogen (secondary N) is 1. The van der Waals surface area contributed by atoms with Crippen molar-refractivity contribution in [2.45, 2.75) is 32.9 Å². The van der Waals surface area contributed by atoms with Crippen molar-refractivity contribution in [1.82, 2.24) is 5.32 Å². The molecule has 0 unspecified atom stereocenters. The van der Waals surface area contributed by atoms with Crippen LogP contribution in [0.3, 0.4) is 0 Å². The Morgan fingerprint density at radius 1 is 1.14 bits per heavy atom. The number of hydrogen-bond acceptors (Lipinski definition) is 2. The van der Waals surface area contributed by atoms with Crippen LogP contribution in [0.1, 0.15) is 26.3 Å². The van der Waals surface area contributed by atoms with Gasteiger partial charge in [-0.1, -0.05) is 12.1 Å². The molecule has 0 radical (unpaired) electrons. The zero-order valence-corrected chi connectivity index (χ0v) is 14.6. The summed E-state index contributed by atoms with van der Waals surface area (Å²) in [6.45, 7) is 6.87. The normalized spacial score (nSPS) is 11.5. The largest absolute Gasteiger partial charge is 0.454 e. The average Bonchev–Trinajstić information content (AvgIpc) is 2.38. The van der Waals surface area contributed by atoms with Crippen molar-refractivity contribution >= 4 is 22.6 Å². The second kappa shape index (κ2) is 6.75. The van der Waals surface area contributed by atoms with Crippen LogP contribution in [0.15, 0.2) is 42.5 Å². The maximum Gasteiger partial charge on any atom is 0.166 e. The summed E-state index contributed by atoms with van der Waals surface area (Å²) >= 11 is 2.20. The van der Waals surface area contributed by atoms with E-state index >= 15 is 0 Å².